The molecule has 116 valence electrons. The van der Waals surface area contributed by atoms with E-state index in [1.54, 1.807) is 0 Å². The predicted molar refractivity (Wildman–Crippen MR) is 96.7 cm³/mol. The van der Waals surface area contributed by atoms with Crippen molar-refractivity contribution >= 4 is 21.1 Å². The van der Waals surface area contributed by atoms with Crippen molar-refractivity contribution in [2.75, 3.05) is 0 Å². The SMILES string of the molecule is [CH2][CH2][Au][PH](c1ccccc1)(c1ccccc1)c1ccccc1. The van der Waals surface area contributed by atoms with Gasteiger partial charge in [-0.15, -0.1) is 0 Å². The summed E-state index contributed by atoms with van der Waals surface area (Å²) in [6, 6.07) is 33.3. The third-order valence-electron chi connectivity index (χ3n) is 3.68. The minimum atomic E-state index is -1.89. The molecule has 0 spiro atoms. The first-order valence-corrected chi connectivity index (χ1v) is 13.9. The monoisotopic (exact) mass is 488 g/mol. The van der Waals surface area contributed by atoms with Gasteiger partial charge in [-0.1, -0.05) is 0 Å². The molecule has 0 bridgehead atoms. The van der Waals surface area contributed by atoms with Crippen LogP contribution in [0, 0.1) is 6.92 Å². The van der Waals surface area contributed by atoms with Crippen LogP contribution in [0.4, 0.5) is 0 Å². The fourth-order valence-electron chi connectivity index (χ4n) is 2.76. The van der Waals surface area contributed by atoms with E-state index in [4.69, 9.17) is 0 Å². The van der Waals surface area contributed by atoms with Gasteiger partial charge in [0.15, 0.2) is 0 Å². The summed E-state index contributed by atoms with van der Waals surface area (Å²) in [7, 11) is 0. The molecule has 0 unspecified atom stereocenters. The van der Waals surface area contributed by atoms with E-state index in [-0.39, 0.29) is 19.2 Å². The molecule has 0 heterocycles. The fourth-order valence-corrected chi connectivity index (χ4v) is 15.9. The standard InChI is InChI=1S/C18H15P.C2H4.Au/c1-4-10-16(11-5-1)19(17-12-6-2-7-13-17)18-14-8-3-9-15-18;1-2;/h1-15H;1-2H2;/q;;-1/p+1. The molecular weight excluding hydrogens is 468 g/mol. The van der Waals surface area contributed by atoms with Crippen LogP contribution in [0.25, 0.3) is 0 Å². The molecule has 1 radical (unpaired) electrons. The first-order chi connectivity index (χ1) is 10.9. The summed E-state index contributed by atoms with van der Waals surface area (Å²) in [5.41, 5.74) is 0. The molecule has 2 heteroatoms. The maximum absolute atomic E-state index is 4.22. The fraction of sp³-hybridized carbons (Fsp3) is 0.0500. The van der Waals surface area contributed by atoms with Crippen molar-refractivity contribution in [1.82, 2.24) is 0 Å². The van der Waals surface area contributed by atoms with Gasteiger partial charge in [-0.05, 0) is 0 Å². The van der Waals surface area contributed by atoms with Crippen LogP contribution in [-0.4, -0.2) is 0 Å². The van der Waals surface area contributed by atoms with Gasteiger partial charge in [-0.25, -0.2) is 0 Å². The van der Waals surface area contributed by atoms with Crippen LogP contribution in [0.2, 0.25) is 4.64 Å². The second-order valence-electron chi connectivity index (χ2n) is 4.96. The van der Waals surface area contributed by atoms with E-state index >= 15 is 0 Å². The Labute approximate surface area is 142 Å². The van der Waals surface area contributed by atoms with Crippen molar-refractivity contribution in [3.05, 3.63) is 97.9 Å². The van der Waals surface area contributed by atoms with Gasteiger partial charge in [-0.2, -0.15) is 0 Å². The molecule has 3 rings (SSSR count). The molecular formula is C20H20AuP. The maximum atomic E-state index is 4.22. The van der Waals surface area contributed by atoms with Gasteiger partial charge in [0.25, 0.3) is 0 Å². The first-order valence-electron chi connectivity index (χ1n) is 7.35. The summed E-state index contributed by atoms with van der Waals surface area (Å²) < 4.78 is 1.05. The molecule has 3 aromatic rings. The zero-order valence-electron chi connectivity index (χ0n) is 12.4. The first kappa shape index (κ1) is 15.7. The third-order valence-corrected chi connectivity index (χ3v) is 18.1. The van der Waals surface area contributed by atoms with Crippen molar-refractivity contribution in [2.24, 2.45) is 0 Å². The van der Waals surface area contributed by atoms with Crippen LogP contribution >= 0.6 is 5.15 Å². The van der Waals surface area contributed by atoms with E-state index in [0.29, 0.717) is 0 Å². The Morgan fingerprint density at radius 3 is 1.18 bits per heavy atom. The zero-order chi connectivity index (χ0) is 15.3. The molecule has 3 aromatic carbocycles. The topological polar surface area (TPSA) is 0 Å². The summed E-state index contributed by atoms with van der Waals surface area (Å²) in [5.74, 6) is 0. The number of benzene rings is 3. The second-order valence-corrected chi connectivity index (χ2v) is 16.4. The van der Waals surface area contributed by atoms with Crippen LogP contribution in [0.5, 0.6) is 0 Å². The summed E-state index contributed by atoms with van der Waals surface area (Å²) >= 11 is 0.102. The molecule has 22 heavy (non-hydrogen) atoms. The quantitative estimate of drug-likeness (QED) is 0.377. The van der Waals surface area contributed by atoms with Crippen LogP contribution in [0.15, 0.2) is 91.0 Å². The van der Waals surface area contributed by atoms with Crippen molar-refractivity contribution < 1.29 is 19.2 Å². The zero-order valence-corrected chi connectivity index (χ0v) is 15.5. The van der Waals surface area contributed by atoms with E-state index in [9.17, 15) is 0 Å². The van der Waals surface area contributed by atoms with E-state index in [2.05, 4.69) is 97.9 Å². The third kappa shape index (κ3) is 2.98. The Morgan fingerprint density at radius 1 is 0.591 bits per heavy atom. The average Bonchev–Trinajstić information content (AvgIpc) is 2.62. The van der Waals surface area contributed by atoms with Gasteiger partial charge in [0.05, 0.1) is 0 Å². The molecule has 0 nitrogen and oxygen atoms in total. The number of hydrogen-bond donors (Lipinski definition) is 0. The van der Waals surface area contributed by atoms with Crippen molar-refractivity contribution in [2.45, 2.75) is 4.64 Å². The molecule has 0 N–H and O–H groups in total. The van der Waals surface area contributed by atoms with E-state index in [1.165, 1.54) is 15.9 Å². The van der Waals surface area contributed by atoms with Gasteiger partial charge in [0, 0.05) is 0 Å². The van der Waals surface area contributed by atoms with Crippen LogP contribution in [0.3, 0.4) is 0 Å². The molecule has 0 aliphatic rings. The molecule has 0 fully saturated rings. The molecule has 0 saturated heterocycles. The van der Waals surface area contributed by atoms with Gasteiger partial charge < -0.3 is 0 Å². The molecule has 0 amide bonds. The molecule has 0 atom stereocenters. The van der Waals surface area contributed by atoms with Gasteiger partial charge in [0.1, 0.15) is 0 Å². The van der Waals surface area contributed by atoms with E-state index in [0.717, 1.165) is 4.64 Å². The van der Waals surface area contributed by atoms with Crippen LogP contribution in [-0.2, 0) is 19.2 Å². The summed E-state index contributed by atoms with van der Waals surface area (Å²) in [5, 5.41) is 2.65. The van der Waals surface area contributed by atoms with Crippen LogP contribution in [0.1, 0.15) is 0 Å². The van der Waals surface area contributed by atoms with Gasteiger partial charge in [-0.3, -0.25) is 0 Å². The summed E-state index contributed by atoms with van der Waals surface area (Å²) in [6.45, 7) is 4.22. The van der Waals surface area contributed by atoms with E-state index < -0.39 is 5.15 Å². The van der Waals surface area contributed by atoms with Crippen molar-refractivity contribution in [3.8, 4) is 0 Å². The molecule has 0 saturated carbocycles. The van der Waals surface area contributed by atoms with Crippen LogP contribution < -0.4 is 15.9 Å². The minimum absolute atomic E-state index is 0.102. The molecule has 0 aliphatic heterocycles. The summed E-state index contributed by atoms with van der Waals surface area (Å²) in [6.07, 6.45) is 0. The number of hydrogen-bond acceptors (Lipinski definition) is 0. The van der Waals surface area contributed by atoms with Crippen molar-refractivity contribution in [3.63, 3.8) is 0 Å². The Balaban J connectivity index is 2.29. The predicted octanol–water partition coefficient (Wildman–Crippen LogP) is 3.96. The molecule has 0 aromatic heterocycles. The Morgan fingerprint density at radius 2 is 0.909 bits per heavy atom. The Kier molecular flexibility index (Phi) is 5.28. The van der Waals surface area contributed by atoms with Gasteiger partial charge >= 0.3 is 143 Å². The summed E-state index contributed by atoms with van der Waals surface area (Å²) in [4.78, 5) is 0. The normalized spacial score (nSPS) is 12.2. The van der Waals surface area contributed by atoms with Gasteiger partial charge in [0.2, 0.25) is 0 Å². The van der Waals surface area contributed by atoms with E-state index in [1.807, 2.05) is 0 Å². The number of rotatable bonds is 5. The van der Waals surface area contributed by atoms with Crippen molar-refractivity contribution in [1.29, 1.82) is 0 Å². The Hall–Kier alpha value is -1.17. The second kappa shape index (κ2) is 7.40. The molecule has 0 aliphatic carbocycles. The average molecular weight is 488 g/mol. The Bertz CT molecular complexity index is 599.